The van der Waals surface area contributed by atoms with Crippen molar-refractivity contribution in [2.45, 2.75) is 102 Å². The maximum atomic E-state index is 14.3. The van der Waals surface area contributed by atoms with Crippen LogP contribution in [0.5, 0.6) is 0 Å². The molecular formula is C22H36F3NO. The average molecular weight is 388 g/mol. The fourth-order valence-electron chi connectivity index (χ4n) is 6.32. The fraction of sp³-hybridized carbons (Fsp3) is 0.955. The molecule has 0 amide bonds. The summed E-state index contributed by atoms with van der Waals surface area (Å²) in [5.41, 5.74) is 0. The summed E-state index contributed by atoms with van der Waals surface area (Å²) in [6.07, 6.45) is 3.78. The lowest BCUT2D eigenvalue weighted by Gasteiger charge is -2.46. The molecule has 0 aromatic heterocycles. The summed E-state index contributed by atoms with van der Waals surface area (Å²) in [4.78, 5) is 3.76. The van der Waals surface area contributed by atoms with Gasteiger partial charge in [0.2, 0.25) is 0 Å². The number of aliphatic hydroxyl groups is 1. The van der Waals surface area contributed by atoms with Crippen LogP contribution in [0.25, 0.3) is 0 Å². The highest BCUT2D eigenvalue weighted by Gasteiger charge is 2.54. The second kappa shape index (κ2) is 9.28. The Balaban J connectivity index is 1.56. The maximum Gasteiger partial charge on any atom is 0.167 e. The third kappa shape index (κ3) is 4.38. The lowest BCUT2D eigenvalue weighted by Crippen LogP contribution is -2.58. The highest BCUT2D eigenvalue weighted by Crippen LogP contribution is 2.47. The lowest BCUT2D eigenvalue weighted by molar-refractivity contribution is -0.108. The number of aliphatic imine (C=N–C) groups is 1. The monoisotopic (exact) mass is 387 g/mol. The largest absolute Gasteiger partial charge is 0.390 e. The zero-order valence-corrected chi connectivity index (χ0v) is 16.6. The van der Waals surface area contributed by atoms with Crippen LogP contribution >= 0.6 is 0 Å². The van der Waals surface area contributed by atoms with Gasteiger partial charge in [0.25, 0.3) is 0 Å². The molecule has 3 aliphatic rings. The Morgan fingerprint density at radius 2 is 1.33 bits per heavy atom. The molecule has 6 unspecified atom stereocenters. The molecule has 0 bridgehead atoms. The van der Waals surface area contributed by atoms with Gasteiger partial charge >= 0.3 is 0 Å². The molecular weight excluding hydrogens is 351 g/mol. The lowest BCUT2D eigenvalue weighted by atomic mass is 9.63. The summed E-state index contributed by atoms with van der Waals surface area (Å²) in [6, 6.07) is -1.03. The van der Waals surface area contributed by atoms with Gasteiger partial charge in [-0.25, -0.2) is 13.2 Å². The van der Waals surface area contributed by atoms with E-state index in [0.29, 0.717) is 5.92 Å². The molecule has 27 heavy (non-hydrogen) atoms. The molecule has 3 saturated carbocycles. The predicted molar refractivity (Wildman–Crippen MR) is 103 cm³/mol. The van der Waals surface area contributed by atoms with Crippen LogP contribution in [-0.4, -0.2) is 42.5 Å². The molecule has 6 atom stereocenters. The SMILES string of the molecule is C=NC1C(F)C(F)C(F)C(O)C1C1CCC(C2CCC(CCC)CC2)CC1. The quantitative estimate of drug-likeness (QED) is 0.623. The molecule has 3 aliphatic carbocycles. The summed E-state index contributed by atoms with van der Waals surface area (Å²) < 4.78 is 42.1. The topological polar surface area (TPSA) is 32.6 Å². The van der Waals surface area contributed by atoms with Gasteiger partial charge in [0.15, 0.2) is 18.5 Å². The van der Waals surface area contributed by atoms with Crippen molar-refractivity contribution in [1.29, 1.82) is 0 Å². The van der Waals surface area contributed by atoms with Crippen LogP contribution < -0.4 is 0 Å². The second-order valence-electron chi connectivity index (χ2n) is 9.32. The molecule has 0 aromatic carbocycles. The van der Waals surface area contributed by atoms with Crippen molar-refractivity contribution >= 4 is 6.72 Å². The molecule has 156 valence electrons. The highest BCUT2D eigenvalue weighted by atomic mass is 19.2. The van der Waals surface area contributed by atoms with E-state index < -0.39 is 36.6 Å². The first-order chi connectivity index (χ1) is 13.0. The van der Waals surface area contributed by atoms with E-state index >= 15 is 0 Å². The van der Waals surface area contributed by atoms with Gasteiger partial charge in [-0.15, -0.1) is 0 Å². The second-order valence-corrected chi connectivity index (χ2v) is 9.32. The van der Waals surface area contributed by atoms with Gasteiger partial charge in [0, 0.05) is 5.92 Å². The van der Waals surface area contributed by atoms with E-state index in [1.807, 2.05) is 0 Å². The molecule has 5 heteroatoms. The van der Waals surface area contributed by atoms with Crippen molar-refractivity contribution in [3.05, 3.63) is 0 Å². The Hall–Kier alpha value is -0.580. The van der Waals surface area contributed by atoms with Crippen LogP contribution in [0.1, 0.15) is 71.1 Å². The zero-order valence-electron chi connectivity index (χ0n) is 16.6. The van der Waals surface area contributed by atoms with Crippen LogP contribution in [0.2, 0.25) is 0 Å². The third-order valence-electron chi connectivity index (χ3n) is 7.88. The van der Waals surface area contributed by atoms with E-state index in [0.717, 1.165) is 37.5 Å². The molecule has 3 rings (SSSR count). The molecule has 1 N–H and O–H groups in total. The first kappa shape index (κ1) is 21.1. The van der Waals surface area contributed by atoms with Crippen LogP contribution in [0.15, 0.2) is 4.99 Å². The molecule has 0 spiro atoms. The van der Waals surface area contributed by atoms with Gasteiger partial charge in [-0.2, -0.15) is 0 Å². The first-order valence-electron chi connectivity index (χ1n) is 11.0. The maximum absolute atomic E-state index is 14.3. The Morgan fingerprint density at radius 3 is 1.85 bits per heavy atom. The van der Waals surface area contributed by atoms with E-state index in [9.17, 15) is 18.3 Å². The number of rotatable bonds is 5. The molecule has 0 heterocycles. The summed E-state index contributed by atoms with van der Waals surface area (Å²) in [5, 5.41) is 10.3. The summed E-state index contributed by atoms with van der Waals surface area (Å²) in [6.45, 7) is 5.65. The van der Waals surface area contributed by atoms with Crippen molar-refractivity contribution in [3.63, 3.8) is 0 Å². The molecule has 2 nitrogen and oxygen atoms in total. The number of hydrogen-bond acceptors (Lipinski definition) is 2. The van der Waals surface area contributed by atoms with Gasteiger partial charge in [-0.3, -0.25) is 4.99 Å². The number of alkyl halides is 3. The van der Waals surface area contributed by atoms with Crippen molar-refractivity contribution in [1.82, 2.24) is 0 Å². The van der Waals surface area contributed by atoms with Gasteiger partial charge in [0.1, 0.15) is 0 Å². The third-order valence-corrected chi connectivity index (χ3v) is 7.88. The summed E-state index contributed by atoms with van der Waals surface area (Å²) >= 11 is 0. The van der Waals surface area contributed by atoms with Crippen molar-refractivity contribution in [2.75, 3.05) is 0 Å². The molecule has 0 aliphatic heterocycles. The number of nitrogens with zero attached hydrogens (tertiary/aromatic N) is 1. The molecule has 3 fully saturated rings. The summed E-state index contributed by atoms with van der Waals surface area (Å²) in [5.74, 6) is 1.72. The minimum atomic E-state index is -2.30. The highest BCUT2D eigenvalue weighted by molar-refractivity contribution is 5.26. The molecule has 0 saturated heterocycles. The number of aliphatic hydroxyl groups excluding tert-OH is 1. The predicted octanol–water partition coefficient (Wildman–Crippen LogP) is 5.47. The van der Waals surface area contributed by atoms with Gasteiger partial charge in [-0.05, 0) is 68.9 Å². The zero-order chi connectivity index (χ0) is 19.6. The Bertz CT molecular complexity index is 474. The normalized spacial score (nSPS) is 48.9. The Morgan fingerprint density at radius 1 is 0.815 bits per heavy atom. The Labute approximate surface area is 162 Å². The first-order valence-corrected chi connectivity index (χ1v) is 11.0. The van der Waals surface area contributed by atoms with E-state index in [4.69, 9.17) is 0 Å². The van der Waals surface area contributed by atoms with Crippen molar-refractivity contribution in [3.8, 4) is 0 Å². The molecule has 0 aromatic rings. The van der Waals surface area contributed by atoms with E-state index in [-0.39, 0.29) is 5.92 Å². The van der Waals surface area contributed by atoms with Crippen LogP contribution in [0.3, 0.4) is 0 Å². The summed E-state index contributed by atoms with van der Waals surface area (Å²) in [7, 11) is 0. The van der Waals surface area contributed by atoms with Gasteiger partial charge < -0.3 is 5.11 Å². The van der Waals surface area contributed by atoms with Gasteiger partial charge in [-0.1, -0.05) is 32.6 Å². The fourth-order valence-corrected chi connectivity index (χ4v) is 6.32. The van der Waals surface area contributed by atoms with Crippen molar-refractivity contribution < 1.29 is 18.3 Å². The Kier molecular flexibility index (Phi) is 7.26. The molecule has 0 radical (unpaired) electrons. The van der Waals surface area contributed by atoms with Crippen LogP contribution in [0, 0.1) is 29.6 Å². The van der Waals surface area contributed by atoms with Crippen LogP contribution in [0.4, 0.5) is 13.2 Å². The number of halogens is 3. The average Bonchev–Trinajstić information content (AvgIpc) is 2.70. The van der Waals surface area contributed by atoms with Gasteiger partial charge in [0.05, 0.1) is 12.1 Å². The van der Waals surface area contributed by atoms with E-state index in [2.05, 4.69) is 18.6 Å². The minimum absolute atomic E-state index is 0.00665. The van der Waals surface area contributed by atoms with Crippen LogP contribution in [-0.2, 0) is 0 Å². The van der Waals surface area contributed by atoms with Crippen molar-refractivity contribution in [2.24, 2.45) is 34.6 Å². The minimum Gasteiger partial charge on any atom is -0.390 e. The van der Waals surface area contributed by atoms with E-state index in [1.54, 1.807) is 0 Å². The standard InChI is InChI=1S/C22H36F3NO/c1-3-4-13-5-7-14(8-6-13)15-9-11-16(12-10-15)17-21(26-2)19(24)18(23)20(25)22(17)27/h13-22,27H,2-12H2,1H3. The van der Waals surface area contributed by atoms with E-state index in [1.165, 1.54) is 38.5 Å². The smallest absolute Gasteiger partial charge is 0.167 e. The number of hydrogen-bond donors (Lipinski definition) is 1.